The Morgan fingerprint density at radius 3 is 2.79 bits per heavy atom. The summed E-state index contributed by atoms with van der Waals surface area (Å²) in [4.78, 5) is 33.6. The van der Waals surface area contributed by atoms with Crippen molar-refractivity contribution in [3.63, 3.8) is 0 Å². The molecule has 1 aromatic carbocycles. The van der Waals surface area contributed by atoms with E-state index in [2.05, 4.69) is 5.32 Å². The SMILES string of the molecule is Cc1cc(=O)oc2cc(O[C@H](C)C(=O)NCCCC(=O)[O-])ccc12. The van der Waals surface area contributed by atoms with E-state index in [4.69, 9.17) is 9.15 Å². The number of rotatable bonds is 7. The molecule has 0 aliphatic rings. The zero-order valence-corrected chi connectivity index (χ0v) is 13.5. The second-order valence-electron chi connectivity index (χ2n) is 5.43. The van der Waals surface area contributed by atoms with Gasteiger partial charge in [-0.2, -0.15) is 0 Å². The fourth-order valence-corrected chi connectivity index (χ4v) is 2.22. The van der Waals surface area contributed by atoms with Crippen molar-refractivity contribution in [2.75, 3.05) is 6.54 Å². The van der Waals surface area contributed by atoms with Crippen molar-refractivity contribution in [3.05, 3.63) is 40.2 Å². The molecule has 0 fully saturated rings. The van der Waals surface area contributed by atoms with Crippen LogP contribution in [0.5, 0.6) is 5.75 Å². The monoisotopic (exact) mass is 332 g/mol. The minimum atomic E-state index is -1.15. The molecule has 0 saturated heterocycles. The Morgan fingerprint density at radius 1 is 1.33 bits per heavy atom. The van der Waals surface area contributed by atoms with E-state index >= 15 is 0 Å². The first kappa shape index (κ1) is 17.5. The second-order valence-corrected chi connectivity index (χ2v) is 5.43. The van der Waals surface area contributed by atoms with E-state index in [0.29, 0.717) is 17.8 Å². The van der Waals surface area contributed by atoms with Gasteiger partial charge in [0.25, 0.3) is 5.91 Å². The lowest BCUT2D eigenvalue weighted by Gasteiger charge is -2.15. The summed E-state index contributed by atoms with van der Waals surface area (Å²) in [6.45, 7) is 3.61. The molecule has 1 aromatic heterocycles. The van der Waals surface area contributed by atoms with Crippen LogP contribution in [0.1, 0.15) is 25.3 Å². The smallest absolute Gasteiger partial charge is 0.336 e. The highest BCUT2D eigenvalue weighted by Gasteiger charge is 2.14. The fourth-order valence-electron chi connectivity index (χ4n) is 2.22. The largest absolute Gasteiger partial charge is 0.550 e. The highest BCUT2D eigenvalue weighted by atomic mass is 16.5. The first-order valence-corrected chi connectivity index (χ1v) is 7.55. The number of benzene rings is 1. The predicted octanol–water partition coefficient (Wildman–Crippen LogP) is 0.515. The Bertz CT molecular complexity index is 810. The number of carbonyl (C=O) groups is 2. The molecule has 0 aliphatic heterocycles. The molecule has 0 aliphatic carbocycles. The Kier molecular flexibility index (Phi) is 5.57. The van der Waals surface area contributed by atoms with Crippen molar-refractivity contribution >= 4 is 22.8 Å². The van der Waals surface area contributed by atoms with Crippen molar-refractivity contribution in [2.24, 2.45) is 0 Å². The topological polar surface area (TPSA) is 109 Å². The summed E-state index contributed by atoms with van der Waals surface area (Å²) in [5.74, 6) is -1.12. The van der Waals surface area contributed by atoms with Gasteiger partial charge in [0.2, 0.25) is 0 Å². The first-order chi connectivity index (χ1) is 11.4. The molecule has 0 spiro atoms. The van der Waals surface area contributed by atoms with Gasteiger partial charge in [-0.3, -0.25) is 4.79 Å². The van der Waals surface area contributed by atoms with Crippen LogP contribution in [0.25, 0.3) is 11.0 Å². The summed E-state index contributed by atoms with van der Waals surface area (Å²) in [6.07, 6.45) is -0.596. The molecule has 24 heavy (non-hydrogen) atoms. The molecular formula is C17H18NO6-. The molecule has 7 heteroatoms. The molecule has 2 rings (SSSR count). The summed E-state index contributed by atoms with van der Waals surface area (Å²) < 4.78 is 10.7. The predicted molar refractivity (Wildman–Crippen MR) is 84.6 cm³/mol. The number of carbonyl (C=O) groups excluding carboxylic acids is 2. The van der Waals surface area contributed by atoms with E-state index in [1.807, 2.05) is 6.92 Å². The maximum Gasteiger partial charge on any atom is 0.336 e. The number of aryl methyl sites for hydroxylation is 1. The highest BCUT2D eigenvalue weighted by molar-refractivity contribution is 5.82. The molecule has 7 nitrogen and oxygen atoms in total. The average molecular weight is 332 g/mol. The Balaban J connectivity index is 1.99. The minimum Gasteiger partial charge on any atom is -0.550 e. The number of hydrogen-bond donors (Lipinski definition) is 1. The molecule has 1 atom stereocenters. The van der Waals surface area contributed by atoms with Crippen molar-refractivity contribution in [2.45, 2.75) is 32.8 Å². The van der Waals surface area contributed by atoms with Crippen molar-refractivity contribution in [3.8, 4) is 5.75 Å². The molecule has 1 heterocycles. The zero-order valence-electron chi connectivity index (χ0n) is 13.5. The number of amides is 1. The van der Waals surface area contributed by atoms with E-state index in [1.54, 1.807) is 25.1 Å². The van der Waals surface area contributed by atoms with E-state index in [1.165, 1.54) is 6.07 Å². The van der Waals surface area contributed by atoms with Crippen LogP contribution >= 0.6 is 0 Å². The summed E-state index contributed by atoms with van der Waals surface area (Å²) in [5.41, 5.74) is 0.737. The lowest BCUT2D eigenvalue weighted by atomic mass is 10.1. The highest BCUT2D eigenvalue weighted by Crippen LogP contribution is 2.22. The van der Waals surface area contributed by atoms with E-state index in [9.17, 15) is 19.5 Å². The lowest BCUT2D eigenvalue weighted by molar-refractivity contribution is -0.305. The van der Waals surface area contributed by atoms with Crippen LogP contribution in [-0.4, -0.2) is 24.5 Å². The van der Waals surface area contributed by atoms with Gasteiger partial charge in [-0.25, -0.2) is 4.79 Å². The Morgan fingerprint density at radius 2 is 2.08 bits per heavy atom. The van der Waals surface area contributed by atoms with Crippen molar-refractivity contribution in [1.82, 2.24) is 5.32 Å². The number of carboxylic acid groups (broad SMARTS) is 1. The van der Waals surface area contributed by atoms with Crippen LogP contribution in [0, 0.1) is 6.92 Å². The number of hydrogen-bond acceptors (Lipinski definition) is 6. The van der Waals surface area contributed by atoms with Gasteiger partial charge in [0.15, 0.2) is 6.10 Å². The van der Waals surface area contributed by atoms with Gasteiger partial charge in [-0.05, 0) is 44.4 Å². The van der Waals surface area contributed by atoms with Crippen molar-refractivity contribution in [1.29, 1.82) is 0 Å². The van der Waals surface area contributed by atoms with Crippen LogP contribution in [0.15, 0.2) is 33.5 Å². The lowest BCUT2D eigenvalue weighted by Crippen LogP contribution is -2.37. The Hall–Kier alpha value is -2.83. The normalized spacial score (nSPS) is 11.9. The van der Waals surface area contributed by atoms with Gasteiger partial charge in [0, 0.05) is 30.0 Å². The van der Waals surface area contributed by atoms with Gasteiger partial charge >= 0.3 is 5.63 Å². The average Bonchev–Trinajstić information content (AvgIpc) is 2.50. The zero-order chi connectivity index (χ0) is 17.7. The van der Waals surface area contributed by atoms with Crippen LogP contribution in [0.3, 0.4) is 0 Å². The molecule has 1 N–H and O–H groups in total. The van der Waals surface area contributed by atoms with Crippen molar-refractivity contribution < 1.29 is 23.8 Å². The molecule has 1 amide bonds. The molecule has 0 unspecified atom stereocenters. The standard InChI is InChI=1S/C17H19NO6/c1-10-8-16(21)24-14-9-12(5-6-13(10)14)23-11(2)17(22)18-7-3-4-15(19)20/h5-6,8-9,11H,3-4,7H2,1-2H3,(H,18,22)(H,19,20)/p-1/t11-/m1/s1. The Labute approximate surface area is 138 Å². The third-order valence-electron chi connectivity index (χ3n) is 3.46. The first-order valence-electron chi connectivity index (χ1n) is 7.55. The van der Waals surface area contributed by atoms with Gasteiger partial charge in [0.05, 0.1) is 0 Å². The third kappa shape index (κ3) is 4.58. The molecule has 0 radical (unpaired) electrons. The summed E-state index contributed by atoms with van der Waals surface area (Å²) in [6, 6.07) is 6.41. The van der Waals surface area contributed by atoms with Crippen LogP contribution < -0.4 is 20.8 Å². The maximum atomic E-state index is 11.9. The number of aliphatic carboxylic acids is 1. The van der Waals surface area contributed by atoms with Crippen LogP contribution in [0.2, 0.25) is 0 Å². The summed E-state index contributed by atoms with van der Waals surface area (Å²) in [5, 5.41) is 13.7. The number of fused-ring (bicyclic) bond motifs is 1. The quantitative estimate of drug-likeness (QED) is 0.585. The van der Waals surface area contributed by atoms with Gasteiger partial charge < -0.3 is 24.4 Å². The molecule has 0 saturated carbocycles. The van der Waals surface area contributed by atoms with E-state index < -0.39 is 17.7 Å². The molecule has 0 bridgehead atoms. The van der Waals surface area contributed by atoms with Crippen LogP contribution in [-0.2, 0) is 9.59 Å². The molecule has 2 aromatic rings. The minimum absolute atomic E-state index is 0.113. The fraction of sp³-hybridized carbons (Fsp3) is 0.353. The van der Waals surface area contributed by atoms with E-state index in [0.717, 1.165) is 10.9 Å². The maximum absolute atomic E-state index is 11.9. The van der Waals surface area contributed by atoms with Gasteiger partial charge in [-0.15, -0.1) is 0 Å². The number of ether oxygens (including phenoxy) is 1. The van der Waals surface area contributed by atoms with Crippen LogP contribution in [0.4, 0.5) is 0 Å². The van der Waals surface area contributed by atoms with Gasteiger partial charge in [-0.1, -0.05) is 0 Å². The number of carboxylic acids is 1. The summed E-state index contributed by atoms with van der Waals surface area (Å²) in [7, 11) is 0. The van der Waals surface area contributed by atoms with Gasteiger partial charge in [0.1, 0.15) is 11.3 Å². The summed E-state index contributed by atoms with van der Waals surface area (Å²) >= 11 is 0. The number of nitrogens with one attached hydrogen (secondary N) is 1. The third-order valence-corrected chi connectivity index (χ3v) is 3.46. The molecule has 128 valence electrons. The molecular weight excluding hydrogens is 314 g/mol. The van der Waals surface area contributed by atoms with E-state index in [-0.39, 0.29) is 18.9 Å². The second kappa shape index (κ2) is 7.63.